The van der Waals surface area contributed by atoms with Crippen molar-refractivity contribution in [3.05, 3.63) is 59.7 Å². The number of hydrogen-bond donors (Lipinski definition) is 1. The van der Waals surface area contributed by atoms with Crippen LogP contribution in [-0.4, -0.2) is 4.89 Å². The molecule has 0 amide bonds. The third kappa shape index (κ3) is 1.65. The van der Waals surface area contributed by atoms with Crippen molar-refractivity contribution in [2.75, 3.05) is 0 Å². The summed E-state index contributed by atoms with van der Waals surface area (Å²) in [6, 6.07) is 15.0. The molecule has 1 N–H and O–H groups in total. The van der Waals surface area contributed by atoms with E-state index >= 15 is 0 Å². The third-order valence-corrected chi connectivity index (χ3v) is 5.48. The molecule has 1 heterocycles. The Balaban J connectivity index is 2.31. The molecule has 0 bridgehead atoms. The Hall–Kier alpha value is -1.37. The van der Waals surface area contributed by atoms with Crippen LogP contribution in [0.25, 0.3) is 0 Å². The van der Waals surface area contributed by atoms with Crippen molar-refractivity contribution >= 4 is 18.0 Å². The van der Waals surface area contributed by atoms with Gasteiger partial charge in [0.15, 0.2) is 0 Å². The lowest BCUT2D eigenvalue weighted by molar-refractivity contribution is 0.501. The van der Waals surface area contributed by atoms with Gasteiger partial charge < -0.3 is 4.89 Å². The van der Waals surface area contributed by atoms with E-state index in [0.29, 0.717) is 10.6 Å². The monoisotopic (exact) mass is 244 g/mol. The first kappa shape index (κ1) is 10.8. The van der Waals surface area contributed by atoms with E-state index in [-0.39, 0.29) is 0 Å². The molecule has 0 radical (unpaired) electrons. The van der Waals surface area contributed by atoms with Crippen LogP contribution in [0.3, 0.4) is 0 Å². The lowest BCUT2D eigenvalue weighted by Gasteiger charge is -2.14. The van der Waals surface area contributed by atoms with Gasteiger partial charge in [0.25, 0.3) is 7.37 Å². The molecule has 2 nitrogen and oxygen atoms in total. The molecule has 0 aromatic heterocycles. The predicted molar refractivity (Wildman–Crippen MR) is 69.4 cm³/mol. The Labute approximate surface area is 100 Å². The largest absolute Gasteiger partial charge is 0.338 e. The van der Waals surface area contributed by atoms with Crippen LogP contribution in [0.1, 0.15) is 11.1 Å². The summed E-state index contributed by atoms with van der Waals surface area (Å²) in [6.45, 7) is 0. The highest BCUT2D eigenvalue weighted by atomic mass is 31.2. The van der Waals surface area contributed by atoms with Gasteiger partial charge >= 0.3 is 0 Å². The van der Waals surface area contributed by atoms with Crippen molar-refractivity contribution in [3.63, 3.8) is 0 Å². The first-order chi connectivity index (χ1) is 8.19. The van der Waals surface area contributed by atoms with Crippen LogP contribution in [0.4, 0.5) is 0 Å². The van der Waals surface area contributed by atoms with Gasteiger partial charge in [0.2, 0.25) is 0 Å². The highest BCUT2D eigenvalue weighted by molar-refractivity contribution is 7.73. The minimum Gasteiger partial charge on any atom is -0.338 e. The Morgan fingerprint density at radius 3 is 1.71 bits per heavy atom. The van der Waals surface area contributed by atoms with Crippen molar-refractivity contribution in [2.45, 2.75) is 12.8 Å². The zero-order valence-electron chi connectivity index (χ0n) is 9.34. The van der Waals surface area contributed by atoms with Crippen molar-refractivity contribution in [3.8, 4) is 0 Å². The van der Waals surface area contributed by atoms with Gasteiger partial charge in [0.1, 0.15) is 0 Å². The zero-order valence-corrected chi connectivity index (χ0v) is 10.2. The fourth-order valence-corrected chi connectivity index (χ4v) is 4.42. The number of benzene rings is 2. The first-order valence-electron chi connectivity index (χ1n) is 5.69. The van der Waals surface area contributed by atoms with Crippen LogP contribution in [0.2, 0.25) is 0 Å². The van der Waals surface area contributed by atoms with E-state index in [2.05, 4.69) is 0 Å². The van der Waals surface area contributed by atoms with E-state index in [9.17, 15) is 9.46 Å². The van der Waals surface area contributed by atoms with E-state index in [1.165, 1.54) is 0 Å². The maximum absolute atomic E-state index is 12.7. The fourth-order valence-electron chi connectivity index (χ4n) is 2.43. The lowest BCUT2D eigenvalue weighted by Crippen LogP contribution is -2.18. The molecule has 0 saturated heterocycles. The predicted octanol–water partition coefficient (Wildman–Crippen LogP) is 2.01. The molecule has 2 aromatic carbocycles. The molecule has 1 aliphatic rings. The standard InChI is InChI=1S/C14H13O2P/c15-17(16)13-7-3-1-5-11(13)9-10-12-6-2-4-8-14(12)17/h1-8H,9-10H2,(H,15,16). The van der Waals surface area contributed by atoms with Crippen LogP contribution >= 0.6 is 7.37 Å². The topological polar surface area (TPSA) is 37.3 Å². The Morgan fingerprint density at radius 2 is 1.24 bits per heavy atom. The maximum atomic E-state index is 12.7. The molecule has 0 fully saturated rings. The van der Waals surface area contributed by atoms with Crippen LogP contribution < -0.4 is 10.6 Å². The van der Waals surface area contributed by atoms with Crippen LogP contribution in [-0.2, 0) is 17.4 Å². The summed E-state index contributed by atoms with van der Waals surface area (Å²) in [5.74, 6) is 0. The summed E-state index contributed by atoms with van der Waals surface area (Å²) in [7, 11) is -3.41. The fraction of sp³-hybridized carbons (Fsp3) is 0.143. The van der Waals surface area contributed by atoms with Gasteiger partial charge in [-0.15, -0.1) is 0 Å². The second kappa shape index (κ2) is 3.83. The molecule has 3 heteroatoms. The SMILES string of the molecule is O=P1(O)c2ccccc2CCc2ccccc21. The Morgan fingerprint density at radius 1 is 0.824 bits per heavy atom. The van der Waals surface area contributed by atoms with Gasteiger partial charge in [0, 0.05) is 10.6 Å². The zero-order chi connectivity index (χ0) is 11.9. The summed E-state index contributed by atoms with van der Waals surface area (Å²) in [4.78, 5) is 10.4. The summed E-state index contributed by atoms with van der Waals surface area (Å²) in [5.41, 5.74) is 1.99. The minimum atomic E-state index is -3.41. The van der Waals surface area contributed by atoms with Gasteiger partial charge in [-0.3, -0.25) is 4.57 Å². The molecule has 2 aromatic rings. The van der Waals surface area contributed by atoms with E-state index in [1.54, 1.807) is 12.1 Å². The van der Waals surface area contributed by atoms with E-state index in [0.717, 1.165) is 24.0 Å². The molecule has 0 unspecified atom stereocenters. The molecule has 86 valence electrons. The van der Waals surface area contributed by atoms with Crippen molar-refractivity contribution in [1.82, 2.24) is 0 Å². The summed E-state index contributed by atoms with van der Waals surface area (Å²) >= 11 is 0. The normalized spacial score (nSPS) is 16.8. The summed E-state index contributed by atoms with van der Waals surface area (Å²) in [5, 5.41) is 1.20. The average Bonchev–Trinajstić information content (AvgIpc) is 2.47. The molecule has 0 aliphatic carbocycles. The highest BCUT2D eigenvalue weighted by Crippen LogP contribution is 2.42. The van der Waals surface area contributed by atoms with Gasteiger partial charge in [-0.2, -0.15) is 0 Å². The third-order valence-electron chi connectivity index (χ3n) is 3.30. The molecular weight excluding hydrogens is 231 g/mol. The van der Waals surface area contributed by atoms with Crippen molar-refractivity contribution in [1.29, 1.82) is 0 Å². The lowest BCUT2D eigenvalue weighted by atomic mass is 10.0. The van der Waals surface area contributed by atoms with E-state index in [4.69, 9.17) is 0 Å². The molecule has 3 rings (SSSR count). The smallest absolute Gasteiger partial charge is 0.259 e. The number of rotatable bonds is 0. The molecule has 17 heavy (non-hydrogen) atoms. The minimum absolute atomic E-state index is 0.602. The Kier molecular flexibility index (Phi) is 2.43. The maximum Gasteiger partial charge on any atom is 0.259 e. The number of hydrogen-bond acceptors (Lipinski definition) is 1. The van der Waals surface area contributed by atoms with Gasteiger partial charge in [-0.25, -0.2) is 0 Å². The Bertz CT molecular complexity index is 568. The first-order valence-corrected chi connectivity index (χ1v) is 7.35. The molecule has 0 saturated carbocycles. The second-order valence-corrected chi connectivity index (χ2v) is 6.45. The van der Waals surface area contributed by atoms with Crippen molar-refractivity contribution < 1.29 is 9.46 Å². The summed E-state index contributed by atoms with van der Waals surface area (Å²) in [6.07, 6.45) is 1.66. The van der Waals surface area contributed by atoms with Gasteiger partial charge in [-0.05, 0) is 36.1 Å². The average molecular weight is 244 g/mol. The quantitative estimate of drug-likeness (QED) is 0.720. The molecular formula is C14H13O2P. The molecule has 1 aliphatic heterocycles. The number of fused-ring (bicyclic) bond motifs is 2. The highest BCUT2D eigenvalue weighted by Gasteiger charge is 2.31. The van der Waals surface area contributed by atoms with E-state index < -0.39 is 7.37 Å². The second-order valence-electron chi connectivity index (χ2n) is 4.33. The summed E-state index contributed by atoms with van der Waals surface area (Å²) < 4.78 is 12.7. The van der Waals surface area contributed by atoms with Crippen LogP contribution in [0, 0.1) is 0 Å². The van der Waals surface area contributed by atoms with Crippen LogP contribution in [0.5, 0.6) is 0 Å². The van der Waals surface area contributed by atoms with Gasteiger partial charge in [0.05, 0.1) is 0 Å². The van der Waals surface area contributed by atoms with E-state index in [1.807, 2.05) is 36.4 Å². The van der Waals surface area contributed by atoms with Gasteiger partial charge in [-0.1, -0.05) is 36.4 Å². The molecule has 0 atom stereocenters. The molecule has 0 spiro atoms. The van der Waals surface area contributed by atoms with Crippen molar-refractivity contribution in [2.24, 2.45) is 0 Å². The van der Waals surface area contributed by atoms with Crippen LogP contribution in [0.15, 0.2) is 48.5 Å². The number of aryl methyl sites for hydroxylation is 2.